The Bertz CT molecular complexity index is 659. The van der Waals surface area contributed by atoms with Gasteiger partial charge in [-0.1, -0.05) is 25.9 Å². The third-order valence-electron chi connectivity index (χ3n) is 2.94. The number of ether oxygens (including phenoxy) is 1. The number of methoxy groups -OCH3 is 1. The maximum absolute atomic E-state index is 13.8. The monoisotopic (exact) mass is 292 g/mol. The second kappa shape index (κ2) is 5.55. The molecular weight excluding hydrogens is 275 g/mol. The molecule has 0 aliphatic carbocycles. The number of hydrogen-bond acceptors (Lipinski definition) is 4. The van der Waals surface area contributed by atoms with Gasteiger partial charge in [0.25, 0.3) is 5.91 Å². The number of aromatic nitrogens is 1. The zero-order valence-corrected chi connectivity index (χ0v) is 12.4. The minimum absolute atomic E-state index is 0.0930. The molecule has 2 aromatic rings. The van der Waals surface area contributed by atoms with Crippen LogP contribution in [0.2, 0.25) is 0 Å². The maximum atomic E-state index is 13.8. The first-order chi connectivity index (χ1) is 9.81. The van der Waals surface area contributed by atoms with Gasteiger partial charge in [0.2, 0.25) is 5.88 Å². The average molecular weight is 292 g/mol. The number of halogens is 1. The Labute approximate surface area is 122 Å². The molecule has 5 nitrogen and oxygen atoms in total. The van der Waals surface area contributed by atoms with Crippen LogP contribution in [0.3, 0.4) is 0 Å². The van der Waals surface area contributed by atoms with E-state index in [1.165, 1.54) is 19.2 Å². The summed E-state index contributed by atoms with van der Waals surface area (Å²) in [6, 6.07) is 5.64. The Morgan fingerprint density at radius 3 is 2.57 bits per heavy atom. The van der Waals surface area contributed by atoms with Crippen molar-refractivity contribution < 1.29 is 18.4 Å². The molecule has 1 amide bonds. The van der Waals surface area contributed by atoms with E-state index in [4.69, 9.17) is 9.26 Å². The highest BCUT2D eigenvalue weighted by atomic mass is 19.1. The van der Waals surface area contributed by atoms with Gasteiger partial charge in [-0.15, -0.1) is 0 Å². The molecule has 112 valence electrons. The van der Waals surface area contributed by atoms with Crippen LogP contribution >= 0.6 is 0 Å². The molecule has 0 radical (unpaired) electrons. The third kappa shape index (κ3) is 3.39. The number of benzene rings is 1. The first-order valence-electron chi connectivity index (χ1n) is 6.43. The summed E-state index contributed by atoms with van der Waals surface area (Å²) < 4.78 is 23.7. The second-order valence-corrected chi connectivity index (χ2v) is 5.63. The molecule has 6 heteroatoms. The first-order valence-corrected chi connectivity index (χ1v) is 6.43. The van der Waals surface area contributed by atoms with Crippen molar-refractivity contribution >= 4 is 11.8 Å². The van der Waals surface area contributed by atoms with Crippen LogP contribution in [0.5, 0.6) is 5.75 Å². The highest BCUT2D eigenvalue weighted by Crippen LogP contribution is 2.24. The van der Waals surface area contributed by atoms with Crippen LogP contribution < -0.4 is 10.1 Å². The quantitative estimate of drug-likeness (QED) is 0.942. The number of hydrogen-bond donors (Lipinski definition) is 1. The number of anilines is 1. The predicted octanol–water partition coefficient (Wildman–Crippen LogP) is 3.37. The van der Waals surface area contributed by atoms with Crippen LogP contribution in [0, 0.1) is 5.82 Å². The van der Waals surface area contributed by atoms with Gasteiger partial charge in [-0.25, -0.2) is 4.39 Å². The van der Waals surface area contributed by atoms with Crippen LogP contribution in [0.25, 0.3) is 0 Å². The van der Waals surface area contributed by atoms with Crippen molar-refractivity contribution in [2.24, 2.45) is 0 Å². The van der Waals surface area contributed by atoms with E-state index >= 15 is 0 Å². The topological polar surface area (TPSA) is 64.4 Å². The Hall–Kier alpha value is -2.37. The largest absolute Gasteiger partial charge is 0.497 e. The fourth-order valence-corrected chi connectivity index (χ4v) is 1.67. The summed E-state index contributed by atoms with van der Waals surface area (Å²) in [5.74, 6) is -0.743. The molecule has 1 aromatic heterocycles. The summed E-state index contributed by atoms with van der Waals surface area (Å²) in [6.45, 7) is 5.92. The van der Waals surface area contributed by atoms with Crippen molar-refractivity contribution in [1.82, 2.24) is 5.16 Å². The minimum atomic E-state index is -0.664. The molecule has 0 aliphatic rings. The third-order valence-corrected chi connectivity index (χ3v) is 2.94. The number of rotatable bonds is 3. The number of amides is 1. The molecule has 0 atom stereocenters. The summed E-state index contributed by atoms with van der Waals surface area (Å²) in [7, 11) is 1.43. The fourth-order valence-electron chi connectivity index (χ4n) is 1.67. The van der Waals surface area contributed by atoms with Gasteiger partial charge in [0.1, 0.15) is 11.6 Å². The highest BCUT2D eigenvalue weighted by Gasteiger charge is 2.20. The van der Waals surface area contributed by atoms with Crippen molar-refractivity contribution in [3.8, 4) is 5.75 Å². The Morgan fingerprint density at radius 2 is 2.05 bits per heavy atom. The molecule has 0 unspecified atom stereocenters. The zero-order chi connectivity index (χ0) is 15.6. The summed E-state index contributed by atoms with van der Waals surface area (Å²) in [6.07, 6.45) is 0. The van der Waals surface area contributed by atoms with Crippen LogP contribution in [0.15, 0.2) is 28.8 Å². The normalized spacial score (nSPS) is 11.3. The summed E-state index contributed by atoms with van der Waals surface area (Å²) in [5, 5.41) is 6.36. The zero-order valence-electron chi connectivity index (χ0n) is 12.4. The van der Waals surface area contributed by atoms with Gasteiger partial charge >= 0.3 is 0 Å². The maximum Gasteiger partial charge on any atom is 0.261 e. The van der Waals surface area contributed by atoms with Crippen molar-refractivity contribution in [3.05, 3.63) is 41.3 Å². The lowest BCUT2D eigenvalue weighted by Gasteiger charge is -2.12. The molecule has 1 aromatic carbocycles. The molecule has 0 aliphatic heterocycles. The summed E-state index contributed by atoms with van der Waals surface area (Å²) >= 11 is 0. The summed E-state index contributed by atoms with van der Waals surface area (Å²) in [4.78, 5) is 12.0. The van der Waals surface area contributed by atoms with E-state index in [1.807, 2.05) is 20.8 Å². The number of nitrogens with one attached hydrogen (secondary N) is 1. The minimum Gasteiger partial charge on any atom is -0.497 e. The molecule has 0 bridgehead atoms. The molecule has 0 saturated carbocycles. The standard InChI is InChI=1S/C15H17FN2O3/c1-15(2,3)12-8-13(21-18-12)17-14(19)10-6-5-9(20-4)7-11(10)16/h5-8H,1-4H3,(H,17,19). The van der Waals surface area contributed by atoms with E-state index in [2.05, 4.69) is 10.5 Å². The van der Waals surface area contributed by atoms with Gasteiger partial charge in [0.05, 0.1) is 18.4 Å². The van der Waals surface area contributed by atoms with E-state index in [0.717, 1.165) is 6.07 Å². The van der Waals surface area contributed by atoms with Crippen LogP contribution in [0.4, 0.5) is 10.3 Å². The van der Waals surface area contributed by atoms with E-state index < -0.39 is 11.7 Å². The van der Waals surface area contributed by atoms with Crippen LogP contribution in [0.1, 0.15) is 36.8 Å². The number of carbonyl (C=O) groups is 1. The lowest BCUT2D eigenvalue weighted by molar-refractivity contribution is 0.102. The fraction of sp³-hybridized carbons (Fsp3) is 0.333. The van der Waals surface area contributed by atoms with Gasteiger partial charge in [-0.3, -0.25) is 10.1 Å². The molecule has 1 heterocycles. The van der Waals surface area contributed by atoms with E-state index in [-0.39, 0.29) is 16.9 Å². The first kappa shape index (κ1) is 15.0. The van der Waals surface area contributed by atoms with Gasteiger partial charge in [0, 0.05) is 17.5 Å². The lowest BCUT2D eigenvalue weighted by atomic mass is 9.92. The van der Waals surface area contributed by atoms with E-state index in [0.29, 0.717) is 11.4 Å². The van der Waals surface area contributed by atoms with Crippen molar-refractivity contribution in [2.75, 3.05) is 12.4 Å². The van der Waals surface area contributed by atoms with E-state index in [9.17, 15) is 9.18 Å². The molecule has 21 heavy (non-hydrogen) atoms. The number of nitrogens with zero attached hydrogens (tertiary/aromatic N) is 1. The van der Waals surface area contributed by atoms with Crippen LogP contribution in [-0.4, -0.2) is 18.2 Å². The van der Waals surface area contributed by atoms with Gasteiger partial charge in [-0.05, 0) is 12.1 Å². The smallest absolute Gasteiger partial charge is 0.261 e. The van der Waals surface area contributed by atoms with Gasteiger partial charge in [-0.2, -0.15) is 0 Å². The van der Waals surface area contributed by atoms with Crippen LogP contribution in [-0.2, 0) is 5.41 Å². The molecule has 1 N–H and O–H groups in total. The highest BCUT2D eigenvalue weighted by molar-refractivity contribution is 6.03. The molecule has 2 rings (SSSR count). The molecular formula is C15H17FN2O3. The molecule has 0 fully saturated rings. The molecule has 0 spiro atoms. The van der Waals surface area contributed by atoms with Gasteiger partial charge in [0.15, 0.2) is 0 Å². The Morgan fingerprint density at radius 1 is 1.33 bits per heavy atom. The van der Waals surface area contributed by atoms with Crippen molar-refractivity contribution in [2.45, 2.75) is 26.2 Å². The Kier molecular flexibility index (Phi) is 3.97. The average Bonchev–Trinajstić information content (AvgIpc) is 2.86. The second-order valence-electron chi connectivity index (χ2n) is 5.63. The van der Waals surface area contributed by atoms with E-state index in [1.54, 1.807) is 6.07 Å². The van der Waals surface area contributed by atoms with Gasteiger partial charge < -0.3 is 9.26 Å². The summed E-state index contributed by atoms with van der Waals surface area (Å²) in [5.41, 5.74) is 0.412. The predicted molar refractivity (Wildman–Crippen MR) is 76.1 cm³/mol. The molecule has 0 saturated heterocycles. The number of carbonyl (C=O) groups excluding carboxylic acids is 1. The van der Waals surface area contributed by atoms with Crippen molar-refractivity contribution in [1.29, 1.82) is 0 Å². The lowest BCUT2D eigenvalue weighted by Crippen LogP contribution is -2.14. The van der Waals surface area contributed by atoms with Crippen molar-refractivity contribution in [3.63, 3.8) is 0 Å². The Balaban J connectivity index is 2.16. The SMILES string of the molecule is COc1ccc(C(=O)Nc2cc(C(C)(C)C)no2)c(F)c1.